The maximum atomic E-state index is 11.5. The van der Waals surface area contributed by atoms with E-state index in [-0.39, 0.29) is 5.78 Å². The van der Waals surface area contributed by atoms with Crippen LogP contribution >= 0.6 is 0 Å². The Morgan fingerprint density at radius 2 is 1.80 bits per heavy atom. The van der Waals surface area contributed by atoms with E-state index in [0.29, 0.717) is 6.42 Å². The van der Waals surface area contributed by atoms with Crippen LogP contribution in [0.2, 0.25) is 0 Å². The summed E-state index contributed by atoms with van der Waals surface area (Å²) in [5.74, 6) is 0.182. The predicted octanol–water partition coefficient (Wildman–Crippen LogP) is 3.38. The minimum Gasteiger partial charge on any atom is -0.294 e. The first-order valence-corrected chi connectivity index (χ1v) is 5.38. The summed E-state index contributed by atoms with van der Waals surface area (Å²) in [7, 11) is 0. The second-order valence-electron chi connectivity index (χ2n) is 3.95. The number of aryl methyl sites for hydroxylation is 2. The minimum absolute atomic E-state index is 0.182. The number of ketones is 1. The van der Waals surface area contributed by atoms with Gasteiger partial charge in [-0.2, -0.15) is 0 Å². The van der Waals surface area contributed by atoms with Crippen LogP contribution in [0, 0.1) is 13.8 Å². The number of benzene rings is 1. The van der Waals surface area contributed by atoms with E-state index in [1.54, 1.807) is 6.08 Å². The molecular formula is C14H18O. The molecule has 0 aliphatic heterocycles. The zero-order valence-electron chi connectivity index (χ0n) is 9.71. The number of hydrogen-bond acceptors (Lipinski definition) is 1. The summed E-state index contributed by atoms with van der Waals surface area (Å²) in [5, 5.41) is 0. The quantitative estimate of drug-likeness (QED) is 0.684. The summed E-state index contributed by atoms with van der Waals surface area (Å²) in [6, 6.07) is 6.27. The number of carbonyl (C=O) groups is 1. The number of hydrogen-bond donors (Lipinski definition) is 0. The molecule has 0 unspecified atom stereocenters. The van der Waals surface area contributed by atoms with Crippen molar-refractivity contribution >= 4 is 5.78 Å². The molecule has 0 N–H and O–H groups in total. The van der Waals surface area contributed by atoms with Gasteiger partial charge in [0.1, 0.15) is 0 Å². The normalized spacial score (nSPS) is 10.9. The summed E-state index contributed by atoms with van der Waals surface area (Å²) in [4.78, 5) is 11.5. The third-order valence-electron chi connectivity index (χ3n) is 2.20. The Bertz CT molecular complexity index is 355. The number of carbonyl (C=O) groups excluding carboxylic acids is 1. The Morgan fingerprint density at radius 3 is 2.33 bits per heavy atom. The molecule has 1 nitrogen and oxygen atoms in total. The predicted molar refractivity (Wildman–Crippen MR) is 64.1 cm³/mol. The summed E-state index contributed by atoms with van der Waals surface area (Å²) in [5.41, 5.74) is 3.55. The van der Waals surface area contributed by atoms with E-state index in [1.165, 1.54) is 11.1 Å². The second-order valence-corrected chi connectivity index (χ2v) is 3.95. The van der Waals surface area contributed by atoms with E-state index in [9.17, 15) is 4.79 Å². The van der Waals surface area contributed by atoms with Gasteiger partial charge in [-0.25, -0.2) is 0 Å². The van der Waals surface area contributed by atoms with Crippen molar-refractivity contribution in [2.45, 2.75) is 33.6 Å². The van der Waals surface area contributed by atoms with Gasteiger partial charge in [0, 0.05) is 6.42 Å². The van der Waals surface area contributed by atoms with Crippen molar-refractivity contribution in [3.8, 4) is 0 Å². The van der Waals surface area contributed by atoms with Crippen molar-refractivity contribution in [3.63, 3.8) is 0 Å². The molecule has 0 radical (unpaired) electrons. The lowest BCUT2D eigenvalue weighted by Gasteiger charge is -2.02. The Labute approximate surface area is 91.8 Å². The molecule has 1 heteroatoms. The Balaban J connectivity index is 2.72. The first-order valence-electron chi connectivity index (χ1n) is 5.38. The van der Waals surface area contributed by atoms with Crippen molar-refractivity contribution in [2.75, 3.05) is 0 Å². The van der Waals surface area contributed by atoms with Crippen LogP contribution in [-0.2, 0) is 11.2 Å². The summed E-state index contributed by atoms with van der Waals surface area (Å²) >= 11 is 0. The van der Waals surface area contributed by atoms with Crippen LogP contribution in [0.5, 0.6) is 0 Å². The lowest BCUT2D eigenvalue weighted by atomic mass is 10.0. The zero-order chi connectivity index (χ0) is 11.3. The average Bonchev–Trinajstić information content (AvgIpc) is 2.13. The molecule has 0 bridgehead atoms. The molecule has 15 heavy (non-hydrogen) atoms. The van der Waals surface area contributed by atoms with Crippen LogP contribution in [0.15, 0.2) is 30.4 Å². The third-order valence-corrected chi connectivity index (χ3v) is 2.20. The van der Waals surface area contributed by atoms with Crippen LogP contribution in [0.4, 0.5) is 0 Å². The smallest absolute Gasteiger partial charge is 0.159 e. The van der Waals surface area contributed by atoms with Crippen molar-refractivity contribution in [1.29, 1.82) is 0 Å². The molecule has 0 atom stereocenters. The SMILES string of the molecule is CC/C=C/C(=O)Cc1cc(C)cc(C)c1. The highest BCUT2D eigenvalue weighted by atomic mass is 16.1. The molecule has 0 heterocycles. The highest BCUT2D eigenvalue weighted by Gasteiger charge is 2.00. The Morgan fingerprint density at radius 1 is 1.20 bits per heavy atom. The summed E-state index contributed by atoms with van der Waals surface area (Å²) < 4.78 is 0. The minimum atomic E-state index is 0.182. The van der Waals surface area contributed by atoms with Crippen molar-refractivity contribution in [1.82, 2.24) is 0 Å². The average molecular weight is 202 g/mol. The Hall–Kier alpha value is -1.37. The van der Waals surface area contributed by atoms with Crippen LogP contribution in [-0.4, -0.2) is 5.78 Å². The van der Waals surface area contributed by atoms with Crippen LogP contribution in [0.25, 0.3) is 0 Å². The summed E-state index contributed by atoms with van der Waals surface area (Å²) in [6.45, 7) is 6.15. The number of allylic oxidation sites excluding steroid dienone is 2. The van der Waals surface area contributed by atoms with Gasteiger partial charge in [0.15, 0.2) is 5.78 Å². The third kappa shape index (κ3) is 4.11. The lowest BCUT2D eigenvalue weighted by Crippen LogP contribution is -1.99. The van der Waals surface area contributed by atoms with Crippen LogP contribution < -0.4 is 0 Å². The van der Waals surface area contributed by atoms with Crippen molar-refractivity contribution in [3.05, 3.63) is 47.0 Å². The monoisotopic (exact) mass is 202 g/mol. The number of rotatable bonds is 4. The fraction of sp³-hybridized carbons (Fsp3) is 0.357. The van der Waals surface area contributed by atoms with Gasteiger partial charge < -0.3 is 0 Å². The van der Waals surface area contributed by atoms with Gasteiger partial charge in [-0.15, -0.1) is 0 Å². The lowest BCUT2D eigenvalue weighted by molar-refractivity contribution is -0.114. The van der Waals surface area contributed by atoms with Gasteiger partial charge in [0.05, 0.1) is 0 Å². The highest BCUT2D eigenvalue weighted by molar-refractivity contribution is 5.91. The molecule has 0 aromatic heterocycles. The molecule has 0 aliphatic rings. The fourth-order valence-electron chi connectivity index (χ4n) is 1.68. The maximum Gasteiger partial charge on any atom is 0.159 e. The van der Waals surface area contributed by atoms with Gasteiger partial charge >= 0.3 is 0 Å². The molecule has 0 spiro atoms. The molecule has 0 aliphatic carbocycles. The first-order chi connectivity index (χ1) is 7.11. The topological polar surface area (TPSA) is 17.1 Å². The highest BCUT2D eigenvalue weighted by Crippen LogP contribution is 2.09. The van der Waals surface area contributed by atoms with Crippen molar-refractivity contribution < 1.29 is 4.79 Å². The molecule has 0 saturated heterocycles. The fourth-order valence-corrected chi connectivity index (χ4v) is 1.68. The van der Waals surface area contributed by atoms with E-state index in [0.717, 1.165) is 12.0 Å². The summed E-state index contributed by atoms with van der Waals surface area (Å²) in [6.07, 6.45) is 5.01. The maximum absolute atomic E-state index is 11.5. The van der Waals surface area contributed by atoms with Gasteiger partial charge in [-0.05, 0) is 31.9 Å². The molecule has 1 rings (SSSR count). The molecular weight excluding hydrogens is 184 g/mol. The van der Waals surface area contributed by atoms with Crippen molar-refractivity contribution in [2.24, 2.45) is 0 Å². The first kappa shape index (κ1) is 11.7. The van der Waals surface area contributed by atoms with Crippen LogP contribution in [0.3, 0.4) is 0 Å². The van der Waals surface area contributed by atoms with E-state index in [1.807, 2.05) is 13.0 Å². The van der Waals surface area contributed by atoms with Gasteiger partial charge in [0.2, 0.25) is 0 Å². The molecule has 1 aromatic rings. The van der Waals surface area contributed by atoms with Gasteiger partial charge in [0.25, 0.3) is 0 Å². The molecule has 0 saturated carbocycles. The van der Waals surface area contributed by atoms with E-state index in [4.69, 9.17) is 0 Å². The van der Waals surface area contributed by atoms with Gasteiger partial charge in [-0.1, -0.05) is 42.3 Å². The molecule has 0 amide bonds. The largest absolute Gasteiger partial charge is 0.294 e. The van der Waals surface area contributed by atoms with Gasteiger partial charge in [-0.3, -0.25) is 4.79 Å². The standard InChI is InChI=1S/C14H18O/c1-4-5-6-14(15)10-13-8-11(2)7-12(3)9-13/h5-9H,4,10H2,1-3H3/b6-5+. The molecule has 80 valence electrons. The molecule has 0 fully saturated rings. The Kier molecular flexibility index (Phi) is 4.29. The van der Waals surface area contributed by atoms with E-state index in [2.05, 4.69) is 32.0 Å². The molecule has 1 aromatic carbocycles. The van der Waals surface area contributed by atoms with E-state index < -0.39 is 0 Å². The van der Waals surface area contributed by atoms with Crippen LogP contribution in [0.1, 0.15) is 30.0 Å². The zero-order valence-corrected chi connectivity index (χ0v) is 9.71. The van der Waals surface area contributed by atoms with E-state index >= 15 is 0 Å². The second kappa shape index (κ2) is 5.50.